The molecule has 2 amide bonds. The number of benzene rings is 2. The lowest BCUT2D eigenvalue weighted by Gasteiger charge is -2.27. The average Bonchev–Trinajstić information content (AvgIpc) is 3.29. The highest BCUT2D eigenvalue weighted by atomic mass is 28.4. The minimum absolute atomic E-state index is 0.0900. The molecule has 3 N–H and O–H groups in total. The Morgan fingerprint density at radius 1 is 1.03 bits per heavy atom. The van der Waals surface area contributed by atoms with Crippen LogP contribution in [0.2, 0.25) is 13.1 Å². The predicted octanol–water partition coefficient (Wildman–Crippen LogP) is 4.50. The largest absolute Gasteiger partial charge is 0.452 e. The molecule has 200 valence electrons. The number of halogens is 3. The van der Waals surface area contributed by atoms with Crippen LogP contribution in [0, 0.1) is 0 Å². The number of amides is 2. The number of carbonyl (C=O) groups excluding carboxylic acids is 1. The van der Waals surface area contributed by atoms with Gasteiger partial charge in [-0.15, -0.1) is 10.2 Å². The van der Waals surface area contributed by atoms with Gasteiger partial charge in [0, 0.05) is 25.8 Å². The molecule has 2 heterocycles. The number of carbonyl (C=O) groups is 1. The number of hydrogen-bond donors (Lipinski definition) is 3. The second kappa shape index (κ2) is 10.8. The van der Waals surface area contributed by atoms with Crippen molar-refractivity contribution in [2.45, 2.75) is 39.3 Å². The van der Waals surface area contributed by atoms with Crippen LogP contribution in [0.5, 0.6) is 0 Å². The molecule has 0 saturated heterocycles. The van der Waals surface area contributed by atoms with Crippen LogP contribution in [0.1, 0.15) is 23.9 Å². The number of nitrogens with one attached hydrogen (secondary N) is 2. The van der Waals surface area contributed by atoms with Gasteiger partial charge in [0.2, 0.25) is 14.1 Å². The zero-order chi connectivity index (χ0) is 27.5. The minimum Gasteiger partial charge on any atom is -0.428 e. The Labute approximate surface area is 219 Å². The summed E-state index contributed by atoms with van der Waals surface area (Å²) in [5, 5.41) is 13.1. The van der Waals surface area contributed by atoms with Gasteiger partial charge in [0.15, 0.2) is 5.65 Å². The van der Waals surface area contributed by atoms with Crippen molar-refractivity contribution in [2.24, 2.45) is 0 Å². The normalized spacial score (nSPS) is 12.0. The Morgan fingerprint density at radius 3 is 2.37 bits per heavy atom. The van der Waals surface area contributed by atoms with E-state index in [-0.39, 0.29) is 11.3 Å². The van der Waals surface area contributed by atoms with Crippen molar-refractivity contribution < 1.29 is 22.8 Å². The monoisotopic (exact) mass is 542 g/mol. The molecule has 2 aromatic carbocycles. The van der Waals surface area contributed by atoms with Crippen LogP contribution < -0.4 is 20.7 Å². The van der Waals surface area contributed by atoms with Gasteiger partial charge in [-0.3, -0.25) is 4.40 Å². The summed E-state index contributed by atoms with van der Waals surface area (Å²) in [5.74, 6) is -1.19. The van der Waals surface area contributed by atoms with Crippen LogP contribution in [0.15, 0.2) is 66.9 Å². The number of urea groups is 1. The molecule has 0 atom stereocenters. The molecule has 4 rings (SSSR count). The zero-order valence-corrected chi connectivity index (χ0v) is 22.3. The Kier molecular flexibility index (Phi) is 7.74. The van der Waals surface area contributed by atoms with E-state index in [0.717, 1.165) is 20.7 Å². The van der Waals surface area contributed by atoms with Crippen LogP contribution in [-0.2, 0) is 19.3 Å². The molecular formula is C26H29F3N6O2Si. The fourth-order valence-electron chi connectivity index (χ4n) is 4.08. The molecular weight excluding hydrogens is 513 g/mol. The number of alkyl halides is 3. The average molecular weight is 543 g/mol. The molecule has 0 bridgehead atoms. The van der Waals surface area contributed by atoms with Gasteiger partial charge in [-0.25, -0.2) is 4.79 Å². The first kappa shape index (κ1) is 27.1. The summed E-state index contributed by atoms with van der Waals surface area (Å²) < 4.78 is 42.2. The van der Waals surface area contributed by atoms with E-state index in [9.17, 15) is 22.8 Å². The second-order valence-electron chi connectivity index (χ2n) is 9.41. The van der Waals surface area contributed by atoms with Crippen LogP contribution in [0.25, 0.3) is 5.65 Å². The van der Waals surface area contributed by atoms with Crippen LogP contribution in [0.3, 0.4) is 0 Å². The maximum Gasteiger partial charge on any atom is 0.452 e. The SMILES string of the molecule is CCNC(=O)Nc1cc(N(Cc2ccccc2)Cc2cccc([Si](C)(C)O)c2)cn2c(C(F)(F)F)nnc12. The number of hydrogen-bond acceptors (Lipinski definition) is 5. The third-order valence-electron chi connectivity index (χ3n) is 5.92. The van der Waals surface area contributed by atoms with Gasteiger partial charge in [0.05, 0.1) is 11.4 Å². The molecule has 4 aromatic rings. The molecule has 12 heteroatoms. The number of anilines is 2. The van der Waals surface area contributed by atoms with E-state index < -0.39 is 26.3 Å². The van der Waals surface area contributed by atoms with Crippen molar-refractivity contribution >= 4 is 36.6 Å². The lowest BCUT2D eigenvalue weighted by atomic mass is 10.1. The predicted molar refractivity (Wildman–Crippen MR) is 143 cm³/mol. The van der Waals surface area contributed by atoms with Crippen molar-refractivity contribution in [1.29, 1.82) is 0 Å². The third kappa shape index (κ3) is 6.32. The standard InChI is InChI=1S/C26H29F3N6O2Si/c1-4-30-25(36)31-22-14-20(17-35-23(22)32-33-24(35)26(27,28)29)34(15-18-9-6-5-7-10-18)16-19-11-8-12-21(13-19)38(2,3)37/h5-14,17,37H,4,15-16H2,1-3H3,(H2,30,31,36). The van der Waals surface area contributed by atoms with Crippen LogP contribution in [0.4, 0.5) is 29.3 Å². The molecule has 2 aromatic heterocycles. The number of nitrogens with zero attached hydrogens (tertiary/aromatic N) is 4. The first-order chi connectivity index (χ1) is 18.0. The van der Waals surface area contributed by atoms with Crippen molar-refractivity contribution in [3.63, 3.8) is 0 Å². The van der Waals surface area contributed by atoms with Crippen molar-refractivity contribution in [1.82, 2.24) is 19.9 Å². The summed E-state index contributed by atoms with van der Waals surface area (Å²) >= 11 is 0. The number of pyridine rings is 1. The molecule has 0 unspecified atom stereocenters. The molecule has 8 nitrogen and oxygen atoms in total. The summed E-state index contributed by atoms with van der Waals surface area (Å²) in [6.45, 7) is 6.43. The second-order valence-corrected chi connectivity index (χ2v) is 13.1. The topological polar surface area (TPSA) is 94.8 Å². The Bertz CT molecular complexity index is 1420. The first-order valence-corrected chi connectivity index (χ1v) is 15.0. The van der Waals surface area contributed by atoms with E-state index in [1.54, 1.807) is 13.0 Å². The summed E-state index contributed by atoms with van der Waals surface area (Å²) in [6.07, 6.45) is -3.42. The highest BCUT2D eigenvalue weighted by molar-refractivity contribution is 6.83. The Morgan fingerprint density at radius 2 is 1.71 bits per heavy atom. The van der Waals surface area contributed by atoms with Gasteiger partial charge in [-0.2, -0.15) is 13.2 Å². The van der Waals surface area contributed by atoms with E-state index in [0.29, 0.717) is 25.3 Å². The quantitative estimate of drug-likeness (QED) is 0.285. The fraction of sp³-hybridized carbons (Fsp3) is 0.269. The van der Waals surface area contributed by atoms with Crippen molar-refractivity contribution in [3.05, 3.63) is 83.8 Å². The number of aromatic nitrogens is 3. The lowest BCUT2D eigenvalue weighted by molar-refractivity contribution is -0.145. The van der Waals surface area contributed by atoms with Crippen LogP contribution in [-0.4, -0.2) is 40.3 Å². The molecule has 0 saturated carbocycles. The van der Waals surface area contributed by atoms with Crippen LogP contribution >= 0.6 is 0 Å². The highest BCUT2D eigenvalue weighted by Crippen LogP contribution is 2.33. The van der Waals surface area contributed by atoms with Crippen molar-refractivity contribution in [2.75, 3.05) is 16.8 Å². The lowest BCUT2D eigenvalue weighted by Crippen LogP contribution is -2.41. The van der Waals surface area contributed by atoms with E-state index in [4.69, 9.17) is 0 Å². The van der Waals surface area contributed by atoms with E-state index in [1.807, 2.05) is 72.6 Å². The number of rotatable bonds is 8. The summed E-state index contributed by atoms with van der Waals surface area (Å²) in [5.41, 5.74) is 2.21. The summed E-state index contributed by atoms with van der Waals surface area (Å²) in [4.78, 5) is 24.8. The van der Waals surface area contributed by atoms with E-state index >= 15 is 0 Å². The zero-order valence-electron chi connectivity index (χ0n) is 21.3. The maximum atomic E-state index is 13.8. The minimum atomic E-state index is -4.75. The molecule has 0 spiro atoms. The van der Waals surface area contributed by atoms with Gasteiger partial charge in [-0.05, 0) is 42.4 Å². The first-order valence-electron chi connectivity index (χ1n) is 12.1. The Balaban J connectivity index is 1.84. The fourth-order valence-corrected chi connectivity index (χ4v) is 5.12. The molecule has 0 aliphatic rings. The van der Waals surface area contributed by atoms with Gasteiger partial charge in [0.1, 0.15) is 0 Å². The van der Waals surface area contributed by atoms with Gasteiger partial charge in [-0.1, -0.05) is 54.6 Å². The number of fused-ring (bicyclic) bond motifs is 1. The Hall–Kier alpha value is -3.90. The summed E-state index contributed by atoms with van der Waals surface area (Å²) in [7, 11) is -2.58. The van der Waals surface area contributed by atoms with Gasteiger partial charge >= 0.3 is 12.2 Å². The molecule has 0 radical (unpaired) electrons. The highest BCUT2D eigenvalue weighted by Gasteiger charge is 2.37. The van der Waals surface area contributed by atoms with E-state index in [1.165, 1.54) is 6.20 Å². The molecule has 0 fully saturated rings. The van der Waals surface area contributed by atoms with Gasteiger partial charge < -0.3 is 20.3 Å². The molecule has 0 aliphatic carbocycles. The maximum absolute atomic E-state index is 13.8. The van der Waals surface area contributed by atoms with Gasteiger partial charge in [0.25, 0.3) is 0 Å². The summed E-state index contributed by atoms with van der Waals surface area (Å²) in [6, 6.07) is 18.1. The molecule has 38 heavy (non-hydrogen) atoms. The van der Waals surface area contributed by atoms with E-state index in [2.05, 4.69) is 20.8 Å². The van der Waals surface area contributed by atoms with Crippen molar-refractivity contribution in [3.8, 4) is 0 Å². The molecule has 0 aliphatic heterocycles. The smallest absolute Gasteiger partial charge is 0.428 e. The third-order valence-corrected chi connectivity index (χ3v) is 7.64.